The fraction of sp³-hybridized carbons (Fsp3) is 0.400. The zero-order valence-corrected chi connectivity index (χ0v) is 17.6. The zero-order chi connectivity index (χ0) is 24.6. The first kappa shape index (κ1) is 24.3. The Labute approximate surface area is 184 Å². The summed E-state index contributed by atoms with van der Waals surface area (Å²) in [6.45, 7) is 0. The SMILES string of the molecule is CN=C(/C=C(\N)C(F)(F)F)C(=O)N(C)C1CCCc2nn(-c3ccnc(C(F)(F)F)c3)cc21. The van der Waals surface area contributed by atoms with E-state index in [1.54, 1.807) is 0 Å². The molecule has 33 heavy (non-hydrogen) atoms. The number of nitrogens with zero attached hydrogens (tertiary/aromatic N) is 5. The van der Waals surface area contributed by atoms with Crippen LogP contribution in [-0.4, -0.2) is 51.6 Å². The van der Waals surface area contributed by atoms with Crippen LogP contribution in [0.2, 0.25) is 0 Å². The van der Waals surface area contributed by atoms with E-state index in [9.17, 15) is 31.1 Å². The Hall–Kier alpha value is -3.38. The van der Waals surface area contributed by atoms with Gasteiger partial charge >= 0.3 is 12.4 Å². The van der Waals surface area contributed by atoms with Gasteiger partial charge in [0.15, 0.2) is 0 Å². The van der Waals surface area contributed by atoms with Gasteiger partial charge in [0.05, 0.1) is 17.4 Å². The molecule has 1 amide bonds. The first-order valence-corrected chi connectivity index (χ1v) is 9.73. The second-order valence-electron chi connectivity index (χ2n) is 7.40. The van der Waals surface area contributed by atoms with E-state index in [1.807, 2.05) is 0 Å². The Morgan fingerprint density at radius 3 is 2.61 bits per heavy atom. The monoisotopic (exact) mass is 474 g/mol. The van der Waals surface area contributed by atoms with Crippen LogP contribution in [0.3, 0.4) is 0 Å². The molecule has 7 nitrogen and oxygen atoms in total. The smallest absolute Gasteiger partial charge is 0.395 e. The first-order chi connectivity index (χ1) is 15.3. The van der Waals surface area contributed by atoms with Crippen LogP contribution >= 0.6 is 0 Å². The highest BCUT2D eigenvalue weighted by Gasteiger charge is 2.35. The van der Waals surface area contributed by atoms with E-state index < -0.39 is 41.4 Å². The van der Waals surface area contributed by atoms with Crippen molar-refractivity contribution in [3.05, 3.63) is 53.3 Å². The minimum Gasteiger partial charge on any atom is -0.395 e. The van der Waals surface area contributed by atoms with Crippen molar-refractivity contribution in [2.45, 2.75) is 37.7 Å². The number of aliphatic imine (C=N–C) groups is 1. The molecule has 1 unspecified atom stereocenters. The summed E-state index contributed by atoms with van der Waals surface area (Å²) in [6, 6.07) is 1.66. The highest BCUT2D eigenvalue weighted by atomic mass is 19.4. The van der Waals surface area contributed by atoms with Gasteiger partial charge in [0, 0.05) is 32.1 Å². The molecular weight excluding hydrogens is 454 g/mol. The Morgan fingerprint density at radius 1 is 1.30 bits per heavy atom. The molecule has 2 aromatic rings. The van der Waals surface area contributed by atoms with Gasteiger partial charge in [-0.05, 0) is 37.5 Å². The van der Waals surface area contributed by atoms with Gasteiger partial charge in [-0.1, -0.05) is 0 Å². The molecule has 0 spiro atoms. The molecule has 2 aromatic heterocycles. The Balaban J connectivity index is 1.92. The van der Waals surface area contributed by atoms with E-state index in [1.165, 1.54) is 35.9 Å². The molecule has 3 rings (SSSR count). The average Bonchev–Trinajstić information content (AvgIpc) is 3.19. The van der Waals surface area contributed by atoms with Crippen LogP contribution in [0.15, 0.2) is 41.3 Å². The minimum absolute atomic E-state index is 0.135. The van der Waals surface area contributed by atoms with Crippen LogP contribution in [0.4, 0.5) is 26.3 Å². The van der Waals surface area contributed by atoms with Crippen molar-refractivity contribution >= 4 is 11.6 Å². The molecule has 0 saturated carbocycles. The number of allylic oxidation sites excluding steroid dienone is 1. The maximum absolute atomic E-state index is 13.0. The number of fused-ring (bicyclic) bond motifs is 1. The lowest BCUT2D eigenvalue weighted by Gasteiger charge is -2.31. The van der Waals surface area contributed by atoms with Crippen LogP contribution in [0.25, 0.3) is 5.69 Å². The quantitative estimate of drug-likeness (QED) is 0.542. The number of carbonyl (C=O) groups is 1. The fourth-order valence-corrected chi connectivity index (χ4v) is 3.54. The van der Waals surface area contributed by atoms with Crippen LogP contribution in [-0.2, 0) is 17.4 Å². The number of hydrogen-bond acceptors (Lipinski definition) is 5. The highest BCUT2D eigenvalue weighted by Crippen LogP contribution is 2.35. The van der Waals surface area contributed by atoms with Gasteiger partial charge in [-0.25, -0.2) is 4.68 Å². The van der Waals surface area contributed by atoms with E-state index in [0.29, 0.717) is 36.6 Å². The van der Waals surface area contributed by atoms with E-state index in [4.69, 9.17) is 5.73 Å². The number of hydrogen-bond donors (Lipinski definition) is 1. The summed E-state index contributed by atoms with van der Waals surface area (Å²) in [7, 11) is 2.59. The maximum Gasteiger partial charge on any atom is 0.433 e. The number of amides is 1. The van der Waals surface area contributed by atoms with Gasteiger partial charge in [0.2, 0.25) is 0 Å². The minimum atomic E-state index is -4.81. The van der Waals surface area contributed by atoms with E-state index in [0.717, 1.165) is 12.3 Å². The van der Waals surface area contributed by atoms with Crippen LogP contribution in [0.5, 0.6) is 0 Å². The molecule has 0 aromatic carbocycles. The number of pyridine rings is 1. The maximum atomic E-state index is 13.0. The highest BCUT2D eigenvalue weighted by molar-refractivity contribution is 6.43. The van der Waals surface area contributed by atoms with Gasteiger partial charge in [-0.2, -0.15) is 31.4 Å². The largest absolute Gasteiger partial charge is 0.433 e. The average molecular weight is 474 g/mol. The molecule has 0 radical (unpaired) electrons. The van der Waals surface area contributed by atoms with Gasteiger partial charge in [-0.15, -0.1) is 0 Å². The standard InChI is InChI=1S/C20H20F6N6O/c1-28-14(9-16(27)19(21,22)23)18(33)31(2)15-5-3-4-13-12(15)10-32(30-13)11-6-7-29-17(8-11)20(24,25)26/h6-10,15H,3-5,27H2,1-2H3/b16-9-,28-14?. The molecule has 0 saturated heterocycles. The number of aryl methyl sites for hydroxylation is 1. The van der Waals surface area contributed by atoms with Gasteiger partial charge in [0.1, 0.15) is 17.1 Å². The molecule has 0 bridgehead atoms. The molecule has 1 aliphatic carbocycles. The third kappa shape index (κ3) is 5.17. The molecule has 1 aliphatic rings. The third-order valence-electron chi connectivity index (χ3n) is 5.24. The van der Waals surface area contributed by atoms with Crippen molar-refractivity contribution in [1.82, 2.24) is 19.7 Å². The molecule has 13 heteroatoms. The first-order valence-electron chi connectivity index (χ1n) is 9.73. The van der Waals surface area contributed by atoms with Crippen LogP contribution in [0, 0.1) is 0 Å². The molecular formula is C20H20F6N6O. The van der Waals surface area contributed by atoms with Crippen LogP contribution in [0.1, 0.15) is 35.8 Å². The van der Waals surface area contributed by atoms with E-state index in [-0.39, 0.29) is 5.69 Å². The summed E-state index contributed by atoms with van der Waals surface area (Å²) in [5.41, 5.74) is 3.31. The summed E-state index contributed by atoms with van der Waals surface area (Å²) in [4.78, 5) is 21.0. The summed E-state index contributed by atoms with van der Waals surface area (Å²) in [6.07, 6.45) is -4.78. The topological polar surface area (TPSA) is 89.4 Å². The van der Waals surface area contributed by atoms with Gasteiger partial charge in [0.25, 0.3) is 5.91 Å². The summed E-state index contributed by atoms with van der Waals surface area (Å²) in [5, 5.41) is 4.35. The number of alkyl halides is 6. The van der Waals surface area contributed by atoms with E-state index in [2.05, 4.69) is 15.1 Å². The van der Waals surface area contributed by atoms with Crippen molar-refractivity contribution in [3.63, 3.8) is 0 Å². The fourth-order valence-electron chi connectivity index (χ4n) is 3.54. The second-order valence-corrected chi connectivity index (χ2v) is 7.40. The molecule has 178 valence electrons. The third-order valence-corrected chi connectivity index (χ3v) is 5.24. The molecule has 0 aliphatic heterocycles. The lowest BCUT2D eigenvalue weighted by molar-refractivity contribution is -0.141. The van der Waals surface area contributed by atoms with Crippen molar-refractivity contribution in [2.24, 2.45) is 10.7 Å². The Morgan fingerprint density at radius 2 is 2.00 bits per heavy atom. The summed E-state index contributed by atoms with van der Waals surface area (Å²) >= 11 is 0. The van der Waals surface area contributed by atoms with Gasteiger partial charge < -0.3 is 10.6 Å². The van der Waals surface area contributed by atoms with Crippen molar-refractivity contribution in [2.75, 3.05) is 14.1 Å². The zero-order valence-electron chi connectivity index (χ0n) is 17.6. The normalized spacial score (nSPS) is 17.6. The number of nitrogens with two attached hydrogens (primary N) is 1. The van der Waals surface area contributed by atoms with Gasteiger partial charge in [-0.3, -0.25) is 14.8 Å². The Bertz CT molecular complexity index is 1100. The molecule has 1 atom stereocenters. The number of carbonyl (C=O) groups excluding carboxylic acids is 1. The second kappa shape index (κ2) is 8.87. The van der Waals surface area contributed by atoms with Crippen LogP contribution < -0.4 is 5.73 Å². The molecule has 0 fully saturated rings. The molecule has 2 N–H and O–H groups in total. The summed E-state index contributed by atoms with van der Waals surface area (Å²) in [5.74, 6) is -0.779. The number of halogens is 6. The lowest BCUT2D eigenvalue weighted by Crippen LogP contribution is -2.37. The Kier molecular flexibility index (Phi) is 6.52. The van der Waals surface area contributed by atoms with E-state index >= 15 is 0 Å². The predicted octanol–water partition coefficient (Wildman–Crippen LogP) is 3.60. The van der Waals surface area contributed by atoms with Crippen molar-refractivity contribution < 1.29 is 31.1 Å². The lowest BCUT2D eigenvalue weighted by atomic mass is 9.92. The number of aromatic nitrogens is 3. The number of rotatable bonds is 4. The predicted molar refractivity (Wildman–Crippen MR) is 106 cm³/mol. The summed E-state index contributed by atoms with van der Waals surface area (Å²) < 4.78 is 78.6. The molecule has 2 heterocycles. The van der Waals surface area contributed by atoms with Crippen molar-refractivity contribution in [3.8, 4) is 5.69 Å². The van der Waals surface area contributed by atoms with Crippen molar-refractivity contribution in [1.29, 1.82) is 0 Å².